The number of aromatic nitrogens is 1. The molecular weight excluding hydrogens is 323 g/mol. The molecule has 0 unspecified atom stereocenters. The number of carboxylic acids is 1. The molecule has 0 aliphatic rings. The zero-order valence-electron chi connectivity index (χ0n) is 10.0. The molecule has 2 aromatic rings. The number of rotatable bonds is 3. The van der Waals surface area contributed by atoms with Crippen LogP contribution >= 0.6 is 34.8 Å². The first-order valence-electron chi connectivity index (χ1n) is 5.50. The molecule has 1 heterocycles. The summed E-state index contributed by atoms with van der Waals surface area (Å²) in [5.74, 6) is -0.972. The van der Waals surface area contributed by atoms with Gasteiger partial charge in [0.1, 0.15) is 0 Å². The summed E-state index contributed by atoms with van der Waals surface area (Å²) < 4.78 is 0. The summed E-state index contributed by atoms with van der Waals surface area (Å²) in [6.45, 7) is 0. The molecule has 2 rings (SSSR count). The van der Waals surface area contributed by atoms with Crippen molar-refractivity contribution in [1.82, 2.24) is 4.98 Å². The molecule has 0 atom stereocenters. The van der Waals surface area contributed by atoms with Crippen LogP contribution in [0.2, 0.25) is 15.1 Å². The maximum absolute atomic E-state index is 10.7. The van der Waals surface area contributed by atoms with Gasteiger partial charge in [0, 0.05) is 5.56 Å². The van der Waals surface area contributed by atoms with E-state index in [0.717, 1.165) is 0 Å². The minimum absolute atomic E-state index is 0.192. The van der Waals surface area contributed by atoms with Crippen molar-refractivity contribution >= 4 is 46.5 Å². The molecule has 0 aliphatic carbocycles. The second kappa shape index (κ2) is 5.87. The van der Waals surface area contributed by atoms with Crippen LogP contribution in [-0.2, 0) is 11.2 Å². The van der Waals surface area contributed by atoms with Crippen LogP contribution in [0.15, 0.2) is 24.3 Å². The molecule has 0 saturated heterocycles. The van der Waals surface area contributed by atoms with Gasteiger partial charge in [-0.15, -0.1) is 0 Å². The maximum Gasteiger partial charge on any atom is 0.309 e. The van der Waals surface area contributed by atoms with Crippen LogP contribution in [0, 0.1) is 0 Å². The van der Waals surface area contributed by atoms with Gasteiger partial charge in [-0.25, -0.2) is 0 Å². The van der Waals surface area contributed by atoms with Crippen molar-refractivity contribution in [3.63, 3.8) is 0 Å². The molecule has 0 radical (unpaired) electrons. The topological polar surface area (TPSA) is 76.2 Å². The van der Waals surface area contributed by atoms with E-state index in [2.05, 4.69) is 4.98 Å². The van der Waals surface area contributed by atoms with Gasteiger partial charge in [0.25, 0.3) is 0 Å². The molecule has 4 nitrogen and oxygen atoms in total. The quantitative estimate of drug-likeness (QED) is 0.836. The molecule has 7 heteroatoms. The Balaban J connectivity index is 2.54. The monoisotopic (exact) mass is 330 g/mol. The standard InChI is InChI=1S/C13H9Cl3N2O2/c14-8-3-6(4-9(15)12(8)16)13-10(17)2-1-7(18-13)5-11(19)20/h1-4H,5,17H2,(H,19,20). The number of nitrogens with zero attached hydrogens (tertiary/aromatic N) is 1. The number of carboxylic acid groups (broad SMARTS) is 1. The van der Waals surface area contributed by atoms with Gasteiger partial charge in [-0.3, -0.25) is 9.78 Å². The summed E-state index contributed by atoms with van der Waals surface area (Å²) in [6, 6.07) is 6.32. The Bertz CT molecular complexity index is 666. The predicted octanol–water partition coefficient (Wildman–Crippen LogP) is 3.92. The maximum atomic E-state index is 10.7. The molecule has 20 heavy (non-hydrogen) atoms. The molecule has 1 aromatic heterocycles. The van der Waals surface area contributed by atoms with Crippen LogP contribution in [0.1, 0.15) is 5.69 Å². The lowest BCUT2D eigenvalue weighted by Gasteiger charge is -2.09. The number of anilines is 1. The third-order valence-corrected chi connectivity index (χ3v) is 3.77. The Labute approximate surface area is 130 Å². The van der Waals surface area contributed by atoms with Crippen molar-refractivity contribution in [2.24, 2.45) is 0 Å². The van der Waals surface area contributed by atoms with Crippen molar-refractivity contribution in [1.29, 1.82) is 0 Å². The SMILES string of the molecule is Nc1ccc(CC(=O)O)nc1-c1cc(Cl)c(Cl)c(Cl)c1. The van der Waals surface area contributed by atoms with Gasteiger partial charge in [-0.05, 0) is 24.3 Å². The van der Waals surface area contributed by atoms with E-state index in [-0.39, 0.29) is 21.5 Å². The molecule has 0 fully saturated rings. The molecule has 0 amide bonds. The number of aliphatic carboxylic acids is 1. The summed E-state index contributed by atoms with van der Waals surface area (Å²) in [6.07, 6.45) is -0.192. The number of benzene rings is 1. The largest absolute Gasteiger partial charge is 0.481 e. The molecule has 0 spiro atoms. The van der Waals surface area contributed by atoms with Gasteiger partial charge < -0.3 is 10.8 Å². The van der Waals surface area contributed by atoms with E-state index < -0.39 is 5.97 Å². The van der Waals surface area contributed by atoms with Crippen molar-refractivity contribution in [3.8, 4) is 11.3 Å². The van der Waals surface area contributed by atoms with Crippen molar-refractivity contribution in [3.05, 3.63) is 45.0 Å². The van der Waals surface area contributed by atoms with Gasteiger partial charge in [-0.1, -0.05) is 34.8 Å². The van der Waals surface area contributed by atoms with Crippen LogP contribution in [-0.4, -0.2) is 16.1 Å². The second-order valence-electron chi connectivity index (χ2n) is 4.06. The molecule has 1 aromatic carbocycles. The third kappa shape index (κ3) is 3.15. The molecule has 0 bridgehead atoms. The van der Waals surface area contributed by atoms with Crippen LogP contribution in [0.4, 0.5) is 5.69 Å². The highest BCUT2D eigenvalue weighted by atomic mass is 35.5. The van der Waals surface area contributed by atoms with Gasteiger partial charge in [0.05, 0.1) is 38.6 Å². The van der Waals surface area contributed by atoms with E-state index in [1.165, 1.54) is 0 Å². The fourth-order valence-electron chi connectivity index (χ4n) is 1.69. The number of nitrogen functional groups attached to an aromatic ring is 1. The van der Waals surface area contributed by atoms with E-state index in [0.29, 0.717) is 22.6 Å². The third-order valence-electron chi connectivity index (χ3n) is 2.57. The minimum Gasteiger partial charge on any atom is -0.481 e. The number of hydrogen-bond donors (Lipinski definition) is 2. The first-order valence-corrected chi connectivity index (χ1v) is 6.64. The number of hydrogen-bond acceptors (Lipinski definition) is 3. The predicted molar refractivity (Wildman–Crippen MR) is 80.5 cm³/mol. The highest BCUT2D eigenvalue weighted by Crippen LogP contribution is 2.36. The van der Waals surface area contributed by atoms with Gasteiger partial charge in [0.15, 0.2) is 0 Å². The van der Waals surface area contributed by atoms with E-state index in [4.69, 9.17) is 45.6 Å². The first-order chi connectivity index (χ1) is 9.38. The molecule has 3 N–H and O–H groups in total. The highest BCUT2D eigenvalue weighted by molar-refractivity contribution is 6.48. The van der Waals surface area contributed by atoms with Gasteiger partial charge in [0.2, 0.25) is 0 Å². The van der Waals surface area contributed by atoms with Crippen molar-refractivity contribution in [2.75, 3.05) is 5.73 Å². The summed E-state index contributed by atoms with van der Waals surface area (Å²) in [5.41, 5.74) is 7.65. The molecule has 104 valence electrons. The van der Waals surface area contributed by atoms with Crippen LogP contribution in [0.5, 0.6) is 0 Å². The van der Waals surface area contributed by atoms with Gasteiger partial charge >= 0.3 is 5.97 Å². The molecule has 0 aliphatic heterocycles. The molecular formula is C13H9Cl3N2O2. The van der Waals surface area contributed by atoms with Crippen molar-refractivity contribution in [2.45, 2.75) is 6.42 Å². The van der Waals surface area contributed by atoms with Gasteiger partial charge in [-0.2, -0.15) is 0 Å². The molecule has 0 saturated carbocycles. The number of nitrogens with two attached hydrogens (primary N) is 1. The lowest BCUT2D eigenvalue weighted by atomic mass is 10.1. The van der Waals surface area contributed by atoms with Crippen LogP contribution < -0.4 is 5.73 Å². The Hall–Kier alpha value is -1.49. The number of carbonyl (C=O) groups is 1. The second-order valence-corrected chi connectivity index (χ2v) is 5.26. The van der Waals surface area contributed by atoms with E-state index in [1.54, 1.807) is 24.3 Å². The smallest absolute Gasteiger partial charge is 0.309 e. The summed E-state index contributed by atoms with van der Waals surface area (Å²) in [4.78, 5) is 15.0. The fourth-order valence-corrected chi connectivity index (χ4v) is 2.28. The first kappa shape index (κ1) is 14.9. The minimum atomic E-state index is -0.972. The van der Waals surface area contributed by atoms with Crippen molar-refractivity contribution < 1.29 is 9.90 Å². The van der Waals surface area contributed by atoms with E-state index in [1.807, 2.05) is 0 Å². The Morgan fingerprint density at radius 2 is 1.80 bits per heavy atom. The number of halogens is 3. The Kier molecular flexibility index (Phi) is 4.38. The summed E-state index contributed by atoms with van der Waals surface area (Å²) in [5, 5.41) is 9.59. The summed E-state index contributed by atoms with van der Waals surface area (Å²) >= 11 is 17.8. The average molecular weight is 332 g/mol. The number of pyridine rings is 1. The summed E-state index contributed by atoms with van der Waals surface area (Å²) in [7, 11) is 0. The van der Waals surface area contributed by atoms with E-state index >= 15 is 0 Å². The van der Waals surface area contributed by atoms with Crippen LogP contribution in [0.25, 0.3) is 11.3 Å². The average Bonchev–Trinajstić information content (AvgIpc) is 2.37. The Morgan fingerprint density at radius 1 is 1.20 bits per heavy atom. The Morgan fingerprint density at radius 3 is 2.35 bits per heavy atom. The lowest BCUT2D eigenvalue weighted by molar-refractivity contribution is -0.136. The zero-order chi connectivity index (χ0) is 14.9. The lowest BCUT2D eigenvalue weighted by Crippen LogP contribution is -2.04. The zero-order valence-corrected chi connectivity index (χ0v) is 12.3. The fraction of sp³-hybridized carbons (Fsp3) is 0.0769. The highest BCUT2D eigenvalue weighted by Gasteiger charge is 2.12. The van der Waals surface area contributed by atoms with Crippen LogP contribution in [0.3, 0.4) is 0 Å². The normalized spacial score (nSPS) is 10.6. The van der Waals surface area contributed by atoms with E-state index in [9.17, 15) is 4.79 Å².